The van der Waals surface area contributed by atoms with Gasteiger partial charge >= 0.3 is 0 Å². The Kier molecular flexibility index (Phi) is 7.40. The minimum Gasteiger partial charge on any atom is -0.314 e. The Morgan fingerprint density at radius 3 is 2.30 bits per heavy atom. The van der Waals surface area contributed by atoms with Crippen molar-refractivity contribution in [3.8, 4) is 0 Å². The van der Waals surface area contributed by atoms with Crippen molar-refractivity contribution < 1.29 is 0 Å². The van der Waals surface area contributed by atoms with E-state index in [0.29, 0.717) is 6.04 Å². The van der Waals surface area contributed by atoms with Crippen LogP contribution in [0.25, 0.3) is 0 Å². The van der Waals surface area contributed by atoms with Crippen LogP contribution in [-0.2, 0) is 0 Å². The lowest BCUT2D eigenvalue weighted by molar-refractivity contribution is 0.156. The summed E-state index contributed by atoms with van der Waals surface area (Å²) in [5.41, 5.74) is 1.26. The van der Waals surface area contributed by atoms with Crippen LogP contribution in [0.5, 0.6) is 0 Å². The highest BCUT2D eigenvalue weighted by atomic mass is 35.5. The Hall–Kier alpha value is 0.300. The molecule has 3 rings (SSSR count). The number of hydrogen-bond acceptors (Lipinski definition) is 2. The number of halogens is 4. The van der Waals surface area contributed by atoms with Crippen molar-refractivity contribution in [1.82, 2.24) is 10.2 Å². The largest absolute Gasteiger partial charge is 0.314 e. The first-order chi connectivity index (χ1) is 8.75. The summed E-state index contributed by atoms with van der Waals surface area (Å²) in [5.74, 6) is 0.779. The van der Waals surface area contributed by atoms with Crippen LogP contribution < -0.4 is 5.32 Å². The number of piperazine rings is 1. The van der Waals surface area contributed by atoms with E-state index in [0.717, 1.165) is 42.1 Å². The highest BCUT2D eigenvalue weighted by Gasteiger charge is 2.37. The molecular formula is C14H20Cl4N2. The summed E-state index contributed by atoms with van der Waals surface area (Å²) in [5, 5.41) is 4.95. The Labute approximate surface area is 143 Å². The molecule has 0 spiro atoms. The predicted octanol–water partition coefficient (Wildman–Crippen LogP) is 4.19. The van der Waals surface area contributed by atoms with Crippen molar-refractivity contribution >= 4 is 48.0 Å². The topological polar surface area (TPSA) is 15.3 Å². The third-order valence-electron chi connectivity index (χ3n) is 3.89. The van der Waals surface area contributed by atoms with Gasteiger partial charge < -0.3 is 5.32 Å². The molecule has 0 radical (unpaired) electrons. The van der Waals surface area contributed by atoms with Gasteiger partial charge in [0.1, 0.15) is 0 Å². The molecule has 20 heavy (non-hydrogen) atoms. The fourth-order valence-corrected chi connectivity index (χ4v) is 3.38. The molecule has 2 nitrogen and oxygen atoms in total. The molecular weight excluding hydrogens is 338 g/mol. The molecule has 1 heterocycles. The van der Waals surface area contributed by atoms with Crippen LogP contribution >= 0.6 is 48.0 Å². The van der Waals surface area contributed by atoms with E-state index in [1.165, 1.54) is 18.4 Å². The molecule has 1 N–H and O–H groups in total. The maximum absolute atomic E-state index is 6.39. The van der Waals surface area contributed by atoms with E-state index in [1.807, 2.05) is 12.1 Å². The van der Waals surface area contributed by atoms with Crippen LogP contribution in [0.2, 0.25) is 10.0 Å². The Morgan fingerprint density at radius 2 is 1.75 bits per heavy atom. The Morgan fingerprint density at radius 1 is 1.10 bits per heavy atom. The molecule has 1 aromatic carbocycles. The first-order valence-corrected chi connectivity index (χ1v) is 7.41. The maximum atomic E-state index is 6.39. The van der Waals surface area contributed by atoms with Crippen LogP contribution in [0.4, 0.5) is 0 Å². The Balaban J connectivity index is 0.000001000. The minimum atomic E-state index is 0. The summed E-state index contributed by atoms with van der Waals surface area (Å²) in [4.78, 5) is 2.57. The van der Waals surface area contributed by atoms with E-state index in [9.17, 15) is 0 Å². The van der Waals surface area contributed by atoms with Crippen molar-refractivity contribution in [3.05, 3.63) is 33.8 Å². The molecule has 1 aliphatic heterocycles. The van der Waals surface area contributed by atoms with Gasteiger partial charge in [-0.1, -0.05) is 29.3 Å². The van der Waals surface area contributed by atoms with Crippen molar-refractivity contribution in [2.24, 2.45) is 5.92 Å². The standard InChI is InChI=1S/C14H18Cl2N2.2ClH/c15-11-3-4-12(13(16)9-11)14(10-1-2-10)18-7-5-17-6-8-18;;/h3-4,9-10,14,17H,1-2,5-8H2;2*1H/t14-;;/m0../s1. The van der Waals surface area contributed by atoms with Gasteiger partial charge in [-0.2, -0.15) is 0 Å². The van der Waals surface area contributed by atoms with Gasteiger partial charge in [-0.15, -0.1) is 24.8 Å². The molecule has 1 saturated carbocycles. The van der Waals surface area contributed by atoms with Crippen LogP contribution in [0.15, 0.2) is 18.2 Å². The number of hydrogen-bond donors (Lipinski definition) is 1. The lowest BCUT2D eigenvalue weighted by Gasteiger charge is -2.36. The maximum Gasteiger partial charge on any atom is 0.0468 e. The van der Waals surface area contributed by atoms with E-state index < -0.39 is 0 Å². The highest BCUT2D eigenvalue weighted by Crippen LogP contribution is 2.46. The lowest BCUT2D eigenvalue weighted by Crippen LogP contribution is -2.45. The van der Waals surface area contributed by atoms with Gasteiger partial charge in [0.15, 0.2) is 0 Å². The van der Waals surface area contributed by atoms with Gasteiger partial charge in [-0.05, 0) is 36.5 Å². The van der Waals surface area contributed by atoms with Crippen LogP contribution in [0.1, 0.15) is 24.4 Å². The fourth-order valence-electron chi connectivity index (χ4n) is 2.86. The predicted molar refractivity (Wildman–Crippen MR) is 90.9 cm³/mol. The van der Waals surface area contributed by atoms with E-state index >= 15 is 0 Å². The molecule has 0 amide bonds. The first kappa shape index (κ1) is 18.3. The molecule has 1 aliphatic carbocycles. The number of rotatable bonds is 3. The third kappa shape index (κ3) is 4.16. The summed E-state index contributed by atoms with van der Waals surface area (Å²) in [7, 11) is 0. The zero-order chi connectivity index (χ0) is 12.5. The minimum absolute atomic E-state index is 0. The number of benzene rings is 1. The van der Waals surface area contributed by atoms with Crippen molar-refractivity contribution in [2.75, 3.05) is 26.2 Å². The van der Waals surface area contributed by atoms with Gasteiger partial charge in [0.25, 0.3) is 0 Å². The molecule has 0 unspecified atom stereocenters. The first-order valence-electron chi connectivity index (χ1n) is 6.65. The molecule has 2 fully saturated rings. The molecule has 0 bridgehead atoms. The summed E-state index contributed by atoms with van der Waals surface area (Å²) >= 11 is 12.4. The molecule has 1 saturated heterocycles. The normalized spacial score (nSPS) is 20.7. The lowest BCUT2D eigenvalue weighted by atomic mass is 9.99. The molecule has 2 aliphatic rings. The van der Waals surface area contributed by atoms with Gasteiger partial charge in [-0.25, -0.2) is 0 Å². The van der Waals surface area contributed by atoms with Crippen LogP contribution in [0.3, 0.4) is 0 Å². The summed E-state index contributed by atoms with van der Waals surface area (Å²) in [6, 6.07) is 6.42. The van der Waals surface area contributed by atoms with Crippen LogP contribution in [0, 0.1) is 5.92 Å². The van der Waals surface area contributed by atoms with Gasteiger partial charge in [0.2, 0.25) is 0 Å². The molecule has 1 aromatic rings. The van der Waals surface area contributed by atoms with Gasteiger partial charge in [0.05, 0.1) is 0 Å². The summed E-state index contributed by atoms with van der Waals surface area (Å²) in [6.07, 6.45) is 2.65. The average molecular weight is 358 g/mol. The van der Waals surface area contributed by atoms with Crippen molar-refractivity contribution in [1.29, 1.82) is 0 Å². The van der Waals surface area contributed by atoms with Crippen LogP contribution in [-0.4, -0.2) is 31.1 Å². The van der Waals surface area contributed by atoms with Gasteiger partial charge in [0, 0.05) is 42.3 Å². The SMILES string of the molecule is Cl.Cl.Clc1ccc([C@H](C2CC2)N2CCNCC2)c(Cl)c1. The van der Waals surface area contributed by atoms with Crippen molar-refractivity contribution in [2.45, 2.75) is 18.9 Å². The van der Waals surface area contributed by atoms with Crippen molar-refractivity contribution in [3.63, 3.8) is 0 Å². The quantitative estimate of drug-likeness (QED) is 0.872. The third-order valence-corrected chi connectivity index (χ3v) is 4.46. The highest BCUT2D eigenvalue weighted by molar-refractivity contribution is 6.35. The zero-order valence-electron chi connectivity index (χ0n) is 11.1. The summed E-state index contributed by atoms with van der Waals surface area (Å²) < 4.78 is 0. The van der Waals surface area contributed by atoms with E-state index in [4.69, 9.17) is 23.2 Å². The zero-order valence-corrected chi connectivity index (χ0v) is 14.3. The smallest absolute Gasteiger partial charge is 0.0468 e. The molecule has 0 aromatic heterocycles. The molecule has 114 valence electrons. The monoisotopic (exact) mass is 356 g/mol. The molecule has 6 heteroatoms. The fraction of sp³-hybridized carbons (Fsp3) is 0.571. The Bertz CT molecular complexity index is 431. The van der Waals surface area contributed by atoms with E-state index in [-0.39, 0.29) is 24.8 Å². The number of nitrogens with zero attached hydrogens (tertiary/aromatic N) is 1. The van der Waals surface area contributed by atoms with E-state index in [1.54, 1.807) is 0 Å². The second-order valence-electron chi connectivity index (χ2n) is 5.23. The summed E-state index contributed by atoms with van der Waals surface area (Å²) in [6.45, 7) is 4.38. The average Bonchev–Trinajstić information content (AvgIpc) is 3.18. The van der Waals surface area contributed by atoms with E-state index in [2.05, 4.69) is 16.3 Å². The molecule has 1 atom stereocenters. The second-order valence-corrected chi connectivity index (χ2v) is 6.08. The van der Waals surface area contributed by atoms with Gasteiger partial charge in [-0.3, -0.25) is 4.90 Å². The number of nitrogens with one attached hydrogen (secondary N) is 1. The second kappa shape index (κ2) is 8.07.